The molecule has 0 radical (unpaired) electrons. The molecule has 1 aromatic heterocycles. The number of rotatable bonds is 2. The van der Waals surface area contributed by atoms with Gasteiger partial charge in [0.25, 0.3) is 0 Å². The molecule has 0 saturated heterocycles. The number of nitrogens with two attached hydrogens (primary N) is 1. The van der Waals surface area contributed by atoms with E-state index in [2.05, 4.69) is 17.1 Å². The molecule has 0 amide bonds. The molecule has 1 aliphatic carbocycles. The van der Waals surface area contributed by atoms with Crippen LogP contribution in [0.25, 0.3) is 0 Å². The summed E-state index contributed by atoms with van der Waals surface area (Å²) < 4.78 is 0. The summed E-state index contributed by atoms with van der Waals surface area (Å²) in [5, 5.41) is 0. The summed E-state index contributed by atoms with van der Waals surface area (Å²) in [6.45, 7) is 2.02. The number of aryl methyl sites for hydroxylation is 1. The minimum Gasteiger partial charge on any atom is -0.322 e. The second kappa shape index (κ2) is 4.75. The Morgan fingerprint density at radius 2 is 2.00 bits per heavy atom. The molecular weight excluding hydrogens is 184 g/mol. The largest absolute Gasteiger partial charge is 0.322 e. The van der Waals surface area contributed by atoms with Gasteiger partial charge >= 0.3 is 0 Å². The molecule has 0 unspecified atom stereocenters. The fraction of sp³-hybridized carbons (Fsp3) is 0.615. The van der Waals surface area contributed by atoms with Crippen molar-refractivity contribution in [3.8, 4) is 0 Å². The van der Waals surface area contributed by atoms with E-state index in [0.717, 1.165) is 11.4 Å². The first-order valence-electron chi connectivity index (χ1n) is 5.96. The molecule has 2 rings (SSSR count). The first-order valence-corrected chi connectivity index (χ1v) is 5.96. The molecule has 1 aromatic rings. The van der Waals surface area contributed by atoms with Gasteiger partial charge in [-0.2, -0.15) is 0 Å². The highest BCUT2D eigenvalue weighted by molar-refractivity contribution is 5.14. The van der Waals surface area contributed by atoms with Crippen LogP contribution in [0.2, 0.25) is 0 Å². The van der Waals surface area contributed by atoms with E-state index in [1.165, 1.54) is 32.1 Å². The molecule has 1 heterocycles. The fourth-order valence-corrected chi connectivity index (χ4v) is 2.48. The van der Waals surface area contributed by atoms with E-state index in [4.69, 9.17) is 5.73 Å². The monoisotopic (exact) mass is 204 g/mol. The van der Waals surface area contributed by atoms with E-state index in [0.29, 0.717) is 5.92 Å². The molecule has 1 fully saturated rings. The van der Waals surface area contributed by atoms with Crippen molar-refractivity contribution in [3.63, 3.8) is 0 Å². The molecule has 82 valence electrons. The average molecular weight is 204 g/mol. The first kappa shape index (κ1) is 10.6. The third-order valence-electron chi connectivity index (χ3n) is 3.41. The average Bonchev–Trinajstić information content (AvgIpc) is 2.29. The third-order valence-corrected chi connectivity index (χ3v) is 3.41. The van der Waals surface area contributed by atoms with Crippen LogP contribution in [0.5, 0.6) is 0 Å². The Labute approximate surface area is 91.9 Å². The molecule has 1 aliphatic rings. The number of hydrogen-bond donors (Lipinski definition) is 1. The van der Waals surface area contributed by atoms with Gasteiger partial charge in [0, 0.05) is 11.7 Å². The molecule has 2 heteroatoms. The van der Waals surface area contributed by atoms with E-state index in [9.17, 15) is 0 Å². The maximum atomic E-state index is 6.28. The topological polar surface area (TPSA) is 38.9 Å². The Balaban J connectivity index is 2.08. The first-order chi connectivity index (χ1) is 7.27. The minimum absolute atomic E-state index is 0.144. The van der Waals surface area contributed by atoms with Crippen molar-refractivity contribution in [2.75, 3.05) is 0 Å². The van der Waals surface area contributed by atoms with Gasteiger partial charge in [-0.1, -0.05) is 25.3 Å². The van der Waals surface area contributed by atoms with Crippen molar-refractivity contribution in [1.82, 2.24) is 4.98 Å². The number of aromatic nitrogens is 1. The molecule has 2 nitrogen and oxygen atoms in total. The van der Waals surface area contributed by atoms with Crippen LogP contribution in [0.4, 0.5) is 0 Å². The van der Waals surface area contributed by atoms with Crippen molar-refractivity contribution in [2.24, 2.45) is 11.7 Å². The maximum Gasteiger partial charge on any atom is 0.0577 e. The zero-order chi connectivity index (χ0) is 10.7. The minimum atomic E-state index is 0.144. The molecule has 0 aromatic carbocycles. The molecule has 1 saturated carbocycles. The van der Waals surface area contributed by atoms with E-state index >= 15 is 0 Å². The van der Waals surface area contributed by atoms with Crippen LogP contribution < -0.4 is 5.73 Å². The Morgan fingerprint density at radius 3 is 2.67 bits per heavy atom. The summed E-state index contributed by atoms with van der Waals surface area (Å²) in [5.41, 5.74) is 8.42. The zero-order valence-corrected chi connectivity index (χ0v) is 9.45. The van der Waals surface area contributed by atoms with Crippen LogP contribution >= 0.6 is 0 Å². The highest BCUT2D eigenvalue weighted by Crippen LogP contribution is 2.32. The lowest BCUT2D eigenvalue weighted by Gasteiger charge is -2.27. The van der Waals surface area contributed by atoms with Gasteiger partial charge in [0.1, 0.15) is 0 Å². The van der Waals surface area contributed by atoms with Crippen molar-refractivity contribution in [3.05, 3.63) is 29.6 Å². The van der Waals surface area contributed by atoms with Gasteiger partial charge in [0.2, 0.25) is 0 Å². The molecule has 1 atom stereocenters. The number of hydrogen-bond acceptors (Lipinski definition) is 2. The highest BCUT2D eigenvalue weighted by atomic mass is 14.8. The molecule has 2 N–H and O–H groups in total. The van der Waals surface area contributed by atoms with Crippen LogP contribution in [0.3, 0.4) is 0 Å². The molecule has 15 heavy (non-hydrogen) atoms. The van der Waals surface area contributed by atoms with Crippen molar-refractivity contribution >= 4 is 0 Å². The second-order valence-corrected chi connectivity index (χ2v) is 4.63. The highest BCUT2D eigenvalue weighted by Gasteiger charge is 2.22. The summed E-state index contributed by atoms with van der Waals surface area (Å²) in [7, 11) is 0. The van der Waals surface area contributed by atoms with Crippen LogP contribution in [0.1, 0.15) is 49.5 Å². The SMILES string of the molecule is Cc1cccc([C@H](N)C2CCCCC2)n1. The molecule has 0 aliphatic heterocycles. The lowest BCUT2D eigenvalue weighted by Crippen LogP contribution is -2.24. The molecule has 0 spiro atoms. The standard InChI is InChI=1S/C13H20N2/c1-10-6-5-9-12(15-10)13(14)11-7-3-2-4-8-11/h5-6,9,11,13H,2-4,7-8,14H2,1H3/t13-/m1/s1. The van der Waals surface area contributed by atoms with Crippen LogP contribution in [0.15, 0.2) is 18.2 Å². The van der Waals surface area contributed by atoms with Gasteiger partial charge in [0.15, 0.2) is 0 Å². The lowest BCUT2D eigenvalue weighted by molar-refractivity contribution is 0.304. The van der Waals surface area contributed by atoms with E-state index in [1.807, 2.05) is 13.0 Å². The predicted octanol–water partition coefficient (Wildman–Crippen LogP) is 2.97. The van der Waals surface area contributed by atoms with Crippen LogP contribution in [-0.2, 0) is 0 Å². The van der Waals surface area contributed by atoms with E-state index in [1.54, 1.807) is 0 Å². The third kappa shape index (κ3) is 2.57. The fourth-order valence-electron chi connectivity index (χ4n) is 2.48. The predicted molar refractivity (Wildman–Crippen MR) is 62.5 cm³/mol. The Morgan fingerprint density at radius 1 is 1.27 bits per heavy atom. The maximum absolute atomic E-state index is 6.28. The summed E-state index contributed by atoms with van der Waals surface area (Å²) >= 11 is 0. The van der Waals surface area contributed by atoms with E-state index < -0.39 is 0 Å². The van der Waals surface area contributed by atoms with Crippen LogP contribution in [-0.4, -0.2) is 4.98 Å². The van der Waals surface area contributed by atoms with Gasteiger partial charge in [-0.3, -0.25) is 4.98 Å². The summed E-state index contributed by atoms with van der Waals surface area (Å²) in [6.07, 6.45) is 6.60. The Kier molecular flexibility index (Phi) is 3.37. The van der Waals surface area contributed by atoms with Crippen LogP contribution in [0, 0.1) is 12.8 Å². The summed E-state index contributed by atoms with van der Waals surface area (Å²) in [5.74, 6) is 0.646. The Hall–Kier alpha value is -0.890. The number of nitrogens with zero attached hydrogens (tertiary/aromatic N) is 1. The van der Waals surface area contributed by atoms with Gasteiger partial charge in [0.05, 0.1) is 5.69 Å². The van der Waals surface area contributed by atoms with Crippen molar-refractivity contribution < 1.29 is 0 Å². The van der Waals surface area contributed by atoms with Crippen molar-refractivity contribution in [1.29, 1.82) is 0 Å². The van der Waals surface area contributed by atoms with Gasteiger partial charge in [-0.25, -0.2) is 0 Å². The van der Waals surface area contributed by atoms with Gasteiger partial charge in [-0.05, 0) is 37.8 Å². The lowest BCUT2D eigenvalue weighted by atomic mass is 9.83. The van der Waals surface area contributed by atoms with Gasteiger partial charge in [-0.15, -0.1) is 0 Å². The molecular formula is C13H20N2. The van der Waals surface area contributed by atoms with Crippen molar-refractivity contribution in [2.45, 2.75) is 45.1 Å². The van der Waals surface area contributed by atoms with E-state index in [-0.39, 0.29) is 6.04 Å². The second-order valence-electron chi connectivity index (χ2n) is 4.63. The molecule has 0 bridgehead atoms. The Bertz CT molecular complexity index is 316. The van der Waals surface area contributed by atoms with Gasteiger partial charge < -0.3 is 5.73 Å². The summed E-state index contributed by atoms with van der Waals surface area (Å²) in [6, 6.07) is 6.29. The normalized spacial score (nSPS) is 20.1. The zero-order valence-electron chi connectivity index (χ0n) is 9.45. The smallest absolute Gasteiger partial charge is 0.0577 e. The quantitative estimate of drug-likeness (QED) is 0.804. The summed E-state index contributed by atoms with van der Waals surface area (Å²) in [4.78, 5) is 4.52. The number of pyridine rings is 1.